The van der Waals surface area contributed by atoms with Crippen LogP contribution in [0.5, 0.6) is 0 Å². The summed E-state index contributed by atoms with van der Waals surface area (Å²) >= 11 is 0. The summed E-state index contributed by atoms with van der Waals surface area (Å²) in [5, 5.41) is 0. The Labute approximate surface area is 164 Å². The molecule has 0 aliphatic heterocycles. The molecule has 0 unspecified atom stereocenters. The lowest BCUT2D eigenvalue weighted by atomic mass is 9.64. The Morgan fingerprint density at radius 3 is 1.25 bits per heavy atom. The lowest BCUT2D eigenvalue weighted by molar-refractivity contribution is 0.0735. The van der Waals surface area contributed by atoms with Crippen LogP contribution in [0.1, 0.15) is 44.7 Å². The Morgan fingerprint density at radius 1 is 0.500 bits per heavy atom. The molecule has 0 heterocycles. The number of allylic oxidation sites excluding steroid dienone is 2. The molecule has 28 heavy (non-hydrogen) atoms. The second kappa shape index (κ2) is 6.72. The molecular weight excluding hydrogens is 344 g/mol. The van der Waals surface area contributed by atoms with E-state index in [-0.39, 0.29) is 23.4 Å². The average Bonchev–Trinajstić information content (AvgIpc) is 2.78. The number of rotatable bonds is 2. The molecule has 5 rings (SSSR count). The molecule has 3 aromatic rings. The molecule has 0 bridgehead atoms. The predicted octanol–water partition coefficient (Wildman–Crippen LogP) is 5.70. The van der Waals surface area contributed by atoms with Gasteiger partial charge in [-0.25, -0.2) is 0 Å². The van der Waals surface area contributed by atoms with Crippen molar-refractivity contribution in [2.45, 2.75) is 12.8 Å². The Balaban J connectivity index is 1.67. The Hall–Kier alpha value is -3.26. The highest BCUT2D eigenvalue weighted by atomic mass is 16.1. The molecule has 0 radical (unpaired) electrons. The topological polar surface area (TPSA) is 34.1 Å². The first-order valence-corrected chi connectivity index (χ1v) is 9.74. The molecule has 0 aromatic heterocycles. The molecule has 2 heteroatoms. The van der Waals surface area contributed by atoms with Crippen LogP contribution in [0, 0.1) is 11.8 Å². The zero-order chi connectivity index (χ0) is 19.1. The van der Waals surface area contributed by atoms with Gasteiger partial charge in [0.1, 0.15) is 0 Å². The molecule has 0 saturated heterocycles. The zero-order valence-electron chi connectivity index (χ0n) is 15.5. The van der Waals surface area contributed by atoms with Crippen molar-refractivity contribution in [3.05, 3.63) is 107 Å². The zero-order valence-corrected chi connectivity index (χ0v) is 15.5. The average molecular weight is 364 g/mol. The van der Waals surface area contributed by atoms with E-state index in [1.165, 1.54) is 11.1 Å². The second-order valence-electron chi connectivity index (χ2n) is 7.58. The number of hydrogen-bond acceptors (Lipinski definition) is 2. The highest BCUT2D eigenvalue weighted by Crippen LogP contribution is 2.47. The third kappa shape index (κ3) is 2.65. The van der Waals surface area contributed by atoms with Crippen LogP contribution in [-0.4, -0.2) is 11.6 Å². The first-order chi connectivity index (χ1) is 13.7. The van der Waals surface area contributed by atoms with Gasteiger partial charge in [0.2, 0.25) is 0 Å². The standard InChI is InChI=1S/C26H20O2/c27-25-19-13-7-8-14-20(19)26(28)24-16-22(18-11-5-2-6-12-18)21(15-23(24)25)17-9-3-1-4-10-17/h1-14,23-24H,15-16H2/t23-,24+. The summed E-state index contributed by atoms with van der Waals surface area (Å²) in [5.41, 5.74) is 5.83. The maximum atomic E-state index is 13.2. The van der Waals surface area contributed by atoms with Crippen LogP contribution in [0.15, 0.2) is 84.9 Å². The summed E-state index contributed by atoms with van der Waals surface area (Å²) < 4.78 is 0. The lowest BCUT2D eigenvalue weighted by Crippen LogP contribution is -2.38. The Kier molecular flexibility index (Phi) is 4.05. The molecule has 0 saturated carbocycles. The molecule has 0 N–H and O–H groups in total. The van der Waals surface area contributed by atoms with Crippen LogP contribution in [0.2, 0.25) is 0 Å². The highest BCUT2D eigenvalue weighted by Gasteiger charge is 2.44. The van der Waals surface area contributed by atoms with Gasteiger partial charge >= 0.3 is 0 Å². The number of fused-ring (bicyclic) bond motifs is 2. The molecule has 2 aliphatic carbocycles. The van der Waals surface area contributed by atoms with Gasteiger partial charge < -0.3 is 0 Å². The Bertz CT molecular complexity index is 1010. The number of ketones is 2. The molecule has 0 amide bonds. The molecule has 0 fully saturated rings. The van der Waals surface area contributed by atoms with Crippen LogP contribution in [0.25, 0.3) is 11.1 Å². The van der Waals surface area contributed by atoms with Gasteiger partial charge in [0.15, 0.2) is 11.6 Å². The maximum absolute atomic E-state index is 13.2. The fraction of sp³-hybridized carbons (Fsp3) is 0.154. The van der Waals surface area contributed by atoms with E-state index in [9.17, 15) is 9.59 Å². The van der Waals surface area contributed by atoms with E-state index in [4.69, 9.17) is 0 Å². The summed E-state index contributed by atoms with van der Waals surface area (Å²) in [6.07, 6.45) is 1.22. The van der Waals surface area contributed by atoms with E-state index in [0.29, 0.717) is 24.0 Å². The SMILES string of the molecule is O=C1c2ccccc2C(=O)[C@@H]2CC(c3ccccc3)=C(c3ccccc3)C[C@H]12. The number of hydrogen-bond donors (Lipinski definition) is 0. The first-order valence-electron chi connectivity index (χ1n) is 9.74. The van der Waals surface area contributed by atoms with Crippen molar-refractivity contribution in [1.82, 2.24) is 0 Å². The van der Waals surface area contributed by atoms with E-state index in [1.54, 1.807) is 12.1 Å². The monoisotopic (exact) mass is 364 g/mol. The van der Waals surface area contributed by atoms with Crippen molar-refractivity contribution >= 4 is 22.7 Å². The highest BCUT2D eigenvalue weighted by molar-refractivity contribution is 6.17. The molecule has 0 spiro atoms. The summed E-state index contributed by atoms with van der Waals surface area (Å²) in [4.78, 5) is 26.5. The molecule has 2 atom stereocenters. The summed E-state index contributed by atoms with van der Waals surface area (Å²) in [5.74, 6) is -0.323. The van der Waals surface area contributed by atoms with Gasteiger partial charge in [0.25, 0.3) is 0 Å². The number of carbonyl (C=O) groups is 2. The van der Waals surface area contributed by atoms with Gasteiger partial charge in [0.05, 0.1) is 0 Å². The van der Waals surface area contributed by atoms with E-state index in [1.807, 2.05) is 48.5 Å². The van der Waals surface area contributed by atoms with Crippen molar-refractivity contribution in [2.75, 3.05) is 0 Å². The molecule has 2 aliphatic rings. The number of Topliss-reactive ketones (excluding diaryl/α,β-unsaturated/α-hetero) is 2. The minimum absolute atomic E-state index is 0.112. The first kappa shape index (κ1) is 16.9. The maximum Gasteiger partial charge on any atom is 0.167 e. The number of benzene rings is 3. The fourth-order valence-corrected chi connectivity index (χ4v) is 4.70. The van der Waals surface area contributed by atoms with Crippen LogP contribution >= 0.6 is 0 Å². The number of carbonyl (C=O) groups excluding carboxylic acids is 2. The van der Waals surface area contributed by atoms with Crippen molar-refractivity contribution in [3.8, 4) is 0 Å². The van der Waals surface area contributed by atoms with Crippen molar-refractivity contribution in [3.63, 3.8) is 0 Å². The van der Waals surface area contributed by atoms with Crippen LogP contribution < -0.4 is 0 Å². The quantitative estimate of drug-likeness (QED) is 0.584. The third-order valence-corrected chi connectivity index (χ3v) is 6.07. The van der Waals surface area contributed by atoms with Crippen LogP contribution in [-0.2, 0) is 0 Å². The third-order valence-electron chi connectivity index (χ3n) is 6.07. The summed E-state index contributed by atoms with van der Waals surface area (Å²) in [6, 6.07) is 27.8. The summed E-state index contributed by atoms with van der Waals surface area (Å²) in [7, 11) is 0. The predicted molar refractivity (Wildman–Crippen MR) is 111 cm³/mol. The minimum Gasteiger partial charge on any atom is -0.294 e. The molecule has 3 aromatic carbocycles. The van der Waals surface area contributed by atoms with Crippen LogP contribution in [0.4, 0.5) is 0 Å². The normalized spacial score (nSPS) is 21.3. The van der Waals surface area contributed by atoms with E-state index < -0.39 is 0 Å². The van der Waals surface area contributed by atoms with Gasteiger partial charge in [0, 0.05) is 23.0 Å². The largest absolute Gasteiger partial charge is 0.294 e. The van der Waals surface area contributed by atoms with Gasteiger partial charge in [-0.1, -0.05) is 84.9 Å². The summed E-state index contributed by atoms with van der Waals surface area (Å²) in [6.45, 7) is 0. The van der Waals surface area contributed by atoms with Crippen molar-refractivity contribution < 1.29 is 9.59 Å². The minimum atomic E-state index is -0.273. The van der Waals surface area contributed by atoms with E-state index in [2.05, 4.69) is 24.3 Å². The van der Waals surface area contributed by atoms with Gasteiger partial charge in [-0.2, -0.15) is 0 Å². The second-order valence-corrected chi connectivity index (χ2v) is 7.58. The smallest absolute Gasteiger partial charge is 0.167 e. The van der Waals surface area contributed by atoms with Gasteiger partial charge in [-0.05, 0) is 35.1 Å². The van der Waals surface area contributed by atoms with Gasteiger partial charge in [-0.3, -0.25) is 9.59 Å². The molecule has 2 nitrogen and oxygen atoms in total. The lowest BCUT2D eigenvalue weighted by Gasteiger charge is -2.37. The van der Waals surface area contributed by atoms with Crippen molar-refractivity contribution in [1.29, 1.82) is 0 Å². The van der Waals surface area contributed by atoms with Crippen molar-refractivity contribution in [2.24, 2.45) is 11.8 Å². The molecular formula is C26H20O2. The Morgan fingerprint density at radius 2 is 0.857 bits per heavy atom. The van der Waals surface area contributed by atoms with Crippen LogP contribution in [0.3, 0.4) is 0 Å². The van der Waals surface area contributed by atoms with Gasteiger partial charge in [-0.15, -0.1) is 0 Å². The molecule has 136 valence electrons. The van der Waals surface area contributed by atoms with E-state index in [0.717, 1.165) is 11.1 Å². The van der Waals surface area contributed by atoms with E-state index >= 15 is 0 Å². The fourth-order valence-electron chi connectivity index (χ4n) is 4.70.